The van der Waals surface area contributed by atoms with E-state index >= 15 is 0 Å². The molecule has 0 aliphatic carbocycles. The SMILES string of the molecule is CCOC(CC)C(O)Cc1csc2ccccc12. The van der Waals surface area contributed by atoms with Gasteiger partial charge in [0.1, 0.15) is 0 Å². The molecule has 0 amide bonds. The number of aliphatic hydroxyl groups excluding tert-OH is 1. The summed E-state index contributed by atoms with van der Waals surface area (Å²) in [7, 11) is 0. The van der Waals surface area contributed by atoms with Crippen LogP contribution in [0, 0.1) is 0 Å². The molecule has 98 valence electrons. The maximum atomic E-state index is 10.3. The maximum absolute atomic E-state index is 10.3. The van der Waals surface area contributed by atoms with Crippen LogP contribution >= 0.6 is 11.3 Å². The molecule has 3 heteroatoms. The summed E-state index contributed by atoms with van der Waals surface area (Å²) in [6, 6.07) is 8.34. The Balaban J connectivity index is 2.13. The molecule has 1 aromatic carbocycles. The Morgan fingerprint density at radius 3 is 2.78 bits per heavy atom. The fourth-order valence-corrected chi connectivity index (χ4v) is 3.24. The predicted molar refractivity (Wildman–Crippen MR) is 77.2 cm³/mol. The average Bonchev–Trinajstić information content (AvgIpc) is 2.79. The molecule has 1 heterocycles. The molecule has 0 spiro atoms. The Morgan fingerprint density at radius 2 is 2.06 bits per heavy atom. The number of benzene rings is 1. The number of fused-ring (bicyclic) bond motifs is 1. The summed E-state index contributed by atoms with van der Waals surface area (Å²) in [5, 5.41) is 13.7. The molecule has 0 aliphatic heterocycles. The molecule has 0 saturated carbocycles. The highest BCUT2D eigenvalue weighted by Gasteiger charge is 2.19. The monoisotopic (exact) mass is 264 g/mol. The second kappa shape index (κ2) is 6.32. The summed E-state index contributed by atoms with van der Waals surface area (Å²) < 4.78 is 6.85. The lowest BCUT2D eigenvalue weighted by Crippen LogP contribution is -2.30. The molecule has 0 saturated heterocycles. The van der Waals surface area contributed by atoms with Crippen LogP contribution in [0.25, 0.3) is 10.1 Å². The topological polar surface area (TPSA) is 29.5 Å². The van der Waals surface area contributed by atoms with Gasteiger partial charge in [-0.15, -0.1) is 11.3 Å². The number of hydrogen-bond donors (Lipinski definition) is 1. The Morgan fingerprint density at radius 1 is 1.28 bits per heavy atom. The van der Waals surface area contributed by atoms with Crippen molar-refractivity contribution >= 4 is 21.4 Å². The minimum Gasteiger partial charge on any atom is -0.390 e. The van der Waals surface area contributed by atoms with Gasteiger partial charge < -0.3 is 9.84 Å². The van der Waals surface area contributed by atoms with Crippen LogP contribution in [0.1, 0.15) is 25.8 Å². The highest BCUT2D eigenvalue weighted by atomic mass is 32.1. The van der Waals surface area contributed by atoms with Crippen molar-refractivity contribution in [2.75, 3.05) is 6.61 Å². The summed E-state index contributed by atoms with van der Waals surface area (Å²) >= 11 is 1.74. The lowest BCUT2D eigenvalue weighted by Gasteiger charge is -2.21. The highest BCUT2D eigenvalue weighted by Crippen LogP contribution is 2.27. The smallest absolute Gasteiger partial charge is 0.0842 e. The molecule has 0 radical (unpaired) electrons. The van der Waals surface area contributed by atoms with E-state index in [0.29, 0.717) is 13.0 Å². The van der Waals surface area contributed by atoms with Gasteiger partial charge in [-0.3, -0.25) is 0 Å². The lowest BCUT2D eigenvalue weighted by atomic mass is 10.0. The van der Waals surface area contributed by atoms with E-state index in [1.54, 1.807) is 11.3 Å². The van der Waals surface area contributed by atoms with Crippen molar-refractivity contribution in [3.63, 3.8) is 0 Å². The Labute approximate surface area is 112 Å². The van der Waals surface area contributed by atoms with Gasteiger partial charge in [0.15, 0.2) is 0 Å². The summed E-state index contributed by atoms with van der Waals surface area (Å²) in [6.45, 7) is 4.67. The minimum atomic E-state index is -0.423. The average molecular weight is 264 g/mol. The molecule has 2 nitrogen and oxygen atoms in total. The van der Waals surface area contributed by atoms with E-state index in [1.165, 1.54) is 15.6 Å². The molecular formula is C15H20O2S. The fraction of sp³-hybridized carbons (Fsp3) is 0.467. The molecule has 2 rings (SSSR count). The Kier molecular flexibility index (Phi) is 4.75. The summed E-state index contributed by atoms with van der Waals surface area (Å²) in [5.41, 5.74) is 1.22. The van der Waals surface area contributed by atoms with Gasteiger partial charge in [-0.1, -0.05) is 25.1 Å². The van der Waals surface area contributed by atoms with Crippen LogP contribution in [-0.2, 0) is 11.2 Å². The molecule has 1 N–H and O–H groups in total. The van der Waals surface area contributed by atoms with Crippen molar-refractivity contribution in [3.05, 3.63) is 35.2 Å². The van der Waals surface area contributed by atoms with Crippen LogP contribution in [0.3, 0.4) is 0 Å². The van der Waals surface area contributed by atoms with Crippen LogP contribution in [0.15, 0.2) is 29.6 Å². The maximum Gasteiger partial charge on any atom is 0.0842 e. The van der Waals surface area contributed by atoms with Gasteiger partial charge in [0, 0.05) is 17.7 Å². The van der Waals surface area contributed by atoms with Gasteiger partial charge in [-0.05, 0) is 35.7 Å². The third kappa shape index (κ3) is 2.91. The van der Waals surface area contributed by atoms with E-state index in [-0.39, 0.29) is 6.10 Å². The van der Waals surface area contributed by atoms with E-state index in [4.69, 9.17) is 4.74 Å². The van der Waals surface area contributed by atoms with Gasteiger partial charge >= 0.3 is 0 Å². The number of aliphatic hydroxyl groups is 1. The lowest BCUT2D eigenvalue weighted by molar-refractivity contribution is -0.0333. The van der Waals surface area contributed by atoms with Gasteiger partial charge in [0.2, 0.25) is 0 Å². The highest BCUT2D eigenvalue weighted by molar-refractivity contribution is 7.17. The summed E-state index contributed by atoms with van der Waals surface area (Å²) in [4.78, 5) is 0. The third-order valence-corrected chi connectivity index (χ3v) is 4.21. The van der Waals surface area contributed by atoms with Crippen LogP contribution < -0.4 is 0 Å². The van der Waals surface area contributed by atoms with Gasteiger partial charge in [0.25, 0.3) is 0 Å². The molecule has 2 aromatic rings. The van der Waals surface area contributed by atoms with E-state index in [2.05, 4.69) is 24.4 Å². The second-order valence-electron chi connectivity index (χ2n) is 4.43. The van der Waals surface area contributed by atoms with Crippen LogP contribution in [0.5, 0.6) is 0 Å². The zero-order valence-electron chi connectivity index (χ0n) is 10.9. The van der Waals surface area contributed by atoms with E-state index in [0.717, 1.165) is 6.42 Å². The molecule has 0 fully saturated rings. The molecule has 2 atom stereocenters. The van der Waals surface area contributed by atoms with Crippen molar-refractivity contribution in [2.24, 2.45) is 0 Å². The van der Waals surface area contributed by atoms with Gasteiger partial charge in [0.05, 0.1) is 12.2 Å². The zero-order valence-corrected chi connectivity index (χ0v) is 11.7. The first-order valence-corrected chi connectivity index (χ1v) is 7.39. The first-order chi connectivity index (χ1) is 8.76. The number of rotatable bonds is 6. The molecule has 0 aliphatic rings. The van der Waals surface area contributed by atoms with Crippen LogP contribution in [0.4, 0.5) is 0 Å². The van der Waals surface area contributed by atoms with E-state index in [9.17, 15) is 5.11 Å². The largest absolute Gasteiger partial charge is 0.390 e. The van der Waals surface area contributed by atoms with Crippen LogP contribution in [0.2, 0.25) is 0 Å². The molecular weight excluding hydrogens is 244 g/mol. The van der Waals surface area contributed by atoms with Crippen molar-refractivity contribution in [1.29, 1.82) is 0 Å². The summed E-state index contributed by atoms with van der Waals surface area (Å²) in [5.74, 6) is 0. The van der Waals surface area contributed by atoms with E-state index in [1.807, 2.05) is 19.1 Å². The molecule has 2 unspecified atom stereocenters. The molecule has 0 bridgehead atoms. The molecule has 1 aromatic heterocycles. The van der Waals surface area contributed by atoms with Crippen molar-refractivity contribution < 1.29 is 9.84 Å². The standard InChI is InChI=1S/C15H20O2S/c1-3-14(17-4-2)13(16)9-11-10-18-15-8-6-5-7-12(11)15/h5-8,10,13-14,16H,3-4,9H2,1-2H3. The van der Waals surface area contributed by atoms with Crippen LogP contribution in [-0.4, -0.2) is 23.9 Å². The fourth-order valence-electron chi connectivity index (χ4n) is 2.26. The predicted octanol–water partition coefficient (Wildman–Crippen LogP) is 3.62. The van der Waals surface area contributed by atoms with Crippen molar-refractivity contribution in [3.8, 4) is 0 Å². The first-order valence-electron chi connectivity index (χ1n) is 6.51. The number of ether oxygens (including phenoxy) is 1. The second-order valence-corrected chi connectivity index (χ2v) is 5.34. The Bertz CT molecular complexity index is 492. The third-order valence-electron chi connectivity index (χ3n) is 3.20. The first kappa shape index (κ1) is 13.5. The normalized spacial score (nSPS) is 14.8. The van der Waals surface area contributed by atoms with Gasteiger partial charge in [-0.2, -0.15) is 0 Å². The zero-order chi connectivity index (χ0) is 13.0. The van der Waals surface area contributed by atoms with E-state index < -0.39 is 6.10 Å². The van der Waals surface area contributed by atoms with Gasteiger partial charge in [-0.25, -0.2) is 0 Å². The number of hydrogen-bond acceptors (Lipinski definition) is 3. The Hall–Kier alpha value is -0.900. The summed E-state index contributed by atoms with van der Waals surface area (Å²) in [6.07, 6.45) is 1.03. The molecule has 18 heavy (non-hydrogen) atoms. The number of thiophene rings is 1. The minimum absolute atomic E-state index is 0.0614. The van der Waals surface area contributed by atoms with Crippen molar-refractivity contribution in [1.82, 2.24) is 0 Å². The van der Waals surface area contributed by atoms with Crippen molar-refractivity contribution in [2.45, 2.75) is 38.9 Å². The quantitative estimate of drug-likeness (QED) is 0.863.